The zero-order valence-electron chi connectivity index (χ0n) is 38.7. The van der Waals surface area contributed by atoms with Crippen molar-refractivity contribution < 1.29 is 20.1 Å². The van der Waals surface area contributed by atoms with Crippen molar-refractivity contribution in [1.82, 2.24) is 39.5 Å². The molecule has 2 N–H and O–H groups in total. The largest absolute Gasteiger partial charge is 0.369 e. The quantitative estimate of drug-likeness (QED) is 0.120. The van der Waals surface area contributed by atoms with Crippen LogP contribution in [0.3, 0.4) is 0 Å². The Morgan fingerprint density at radius 3 is 1.58 bits per heavy atom. The predicted molar refractivity (Wildman–Crippen MR) is 272 cm³/mol. The molecule has 0 spiro atoms. The minimum Gasteiger partial charge on any atom is -0.369 e. The molecule has 350 valence electrons. The number of aromatic nitrogens is 4. The topological polar surface area (TPSA) is 164 Å². The van der Waals surface area contributed by atoms with Gasteiger partial charge in [-0.2, -0.15) is 5.26 Å². The van der Waals surface area contributed by atoms with Crippen molar-refractivity contribution in [3.8, 4) is 28.6 Å². The van der Waals surface area contributed by atoms with Gasteiger partial charge in [-0.25, -0.2) is 9.97 Å². The maximum atomic E-state index is 12.9. The van der Waals surface area contributed by atoms with Crippen molar-refractivity contribution >= 4 is 34.8 Å². The van der Waals surface area contributed by atoms with Crippen molar-refractivity contribution in [1.29, 1.82) is 5.26 Å². The first-order valence-electron chi connectivity index (χ1n) is 22.6. The molecule has 6 aromatic rings. The number of aryl methyl sites for hydroxylation is 2. The fraction of sp³-hybridized carbons (Fsp3) is 0.283. The first kappa shape index (κ1) is 47.4. The third kappa shape index (κ3) is 12.4. The minimum atomic E-state index is -0.305. The van der Waals surface area contributed by atoms with Gasteiger partial charge in [0.15, 0.2) is 0 Å². The Bertz CT molecular complexity index is 2710. The number of carbonyl (C=O) groups is 3. The molecule has 14 nitrogen and oxygen atoms in total. The van der Waals surface area contributed by atoms with Gasteiger partial charge >= 0.3 is 0 Å². The summed E-state index contributed by atoms with van der Waals surface area (Å²) in [6.45, 7) is 13.9. The third-order valence-corrected chi connectivity index (χ3v) is 12.1. The van der Waals surface area contributed by atoms with E-state index in [0.29, 0.717) is 57.9 Å². The van der Waals surface area contributed by atoms with Crippen LogP contribution in [-0.2, 0) is 0 Å². The highest BCUT2D eigenvalue weighted by Crippen LogP contribution is 2.25. The van der Waals surface area contributed by atoms with E-state index in [0.717, 1.165) is 81.0 Å². The van der Waals surface area contributed by atoms with E-state index < -0.39 is 0 Å². The molecule has 0 atom stereocenters. The lowest BCUT2D eigenvalue weighted by Crippen LogP contribution is -2.45. The van der Waals surface area contributed by atoms with Crippen LogP contribution in [0.15, 0.2) is 128 Å². The van der Waals surface area contributed by atoms with Crippen LogP contribution in [0.4, 0.5) is 11.4 Å². The van der Waals surface area contributed by atoms with Gasteiger partial charge in [-0.15, -0.1) is 0 Å². The van der Waals surface area contributed by atoms with Crippen LogP contribution in [0.2, 0.25) is 0 Å². The third-order valence-electron chi connectivity index (χ3n) is 12.1. The van der Waals surface area contributed by atoms with Crippen LogP contribution in [0.5, 0.6) is 0 Å². The van der Waals surface area contributed by atoms with Gasteiger partial charge in [-0.05, 0) is 82.7 Å². The summed E-state index contributed by atoms with van der Waals surface area (Å²) in [6, 6.07) is 36.7. The first-order chi connectivity index (χ1) is 32.5. The lowest BCUT2D eigenvalue weighted by Gasteiger charge is -2.36. The van der Waals surface area contributed by atoms with Gasteiger partial charge in [0.1, 0.15) is 11.4 Å². The predicted octanol–water partition coefficient (Wildman–Crippen LogP) is 9.06. The summed E-state index contributed by atoms with van der Waals surface area (Å²) in [5.41, 5.74) is 8.76. The smallest absolute Gasteiger partial charge is 0.276 e. The minimum absolute atomic E-state index is 0. The number of rotatable bonds is 12. The number of nitrogens with one attached hydrogen (secondary N) is 2. The molecule has 2 aliphatic rings. The van der Waals surface area contributed by atoms with E-state index in [1.54, 1.807) is 26.2 Å². The summed E-state index contributed by atoms with van der Waals surface area (Å²) >= 11 is 0. The van der Waals surface area contributed by atoms with Crippen LogP contribution in [0.25, 0.3) is 28.2 Å². The maximum absolute atomic E-state index is 12.9. The SMILES string of the molecule is C=C(c1ccc(-c2cnc(C)c(C(=O)Nc3ccccc3)n2)cc1)N1CCN(CCC#N)CC1.Cc1ncc(-c2ccc(C(=O)N3CCC(N(C)C)CC3)cc2)nc1C(=O)Nc1ccccc1.[HH].[HH].[HH].[HH]. The zero-order valence-corrected chi connectivity index (χ0v) is 38.7. The molecule has 0 aliphatic carbocycles. The number of hydrogen-bond acceptors (Lipinski definition) is 11. The Labute approximate surface area is 399 Å². The summed E-state index contributed by atoms with van der Waals surface area (Å²) in [7, 11) is 4.18. The average molecular weight is 904 g/mol. The second-order valence-corrected chi connectivity index (χ2v) is 16.8. The van der Waals surface area contributed by atoms with Crippen molar-refractivity contribution in [2.24, 2.45) is 0 Å². The van der Waals surface area contributed by atoms with Crippen LogP contribution < -0.4 is 10.6 Å². The van der Waals surface area contributed by atoms with Gasteiger partial charge in [0.25, 0.3) is 17.7 Å². The van der Waals surface area contributed by atoms with E-state index in [-0.39, 0.29) is 29.1 Å². The molecule has 0 saturated carbocycles. The Kier molecular flexibility index (Phi) is 15.9. The number of anilines is 2. The van der Waals surface area contributed by atoms with Crippen LogP contribution in [0, 0.1) is 25.2 Å². The normalized spacial score (nSPS) is 14.1. The molecule has 2 saturated heterocycles. The highest BCUT2D eigenvalue weighted by molar-refractivity contribution is 6.04. The average Bonchev–Trinajstić information content (AvgIpc) is 3.36. The van der Waals surface area contributed by atoms with Crippen LogP contribution in [0.1, 0.15) is 73.3 Å². The van der Waals surface area contributed by atoms with E-state index >= 15 is 0 Å². The molecular formula is C53H65N11O3. The summed E-state index contributed by atoms with van der Waals surface area (Å²) in [6.07, 6.45) is 5.89. The number of nitriles is 1. The van der Waals surface area contributed by atoms with Crippen LogP contribution >= 0.6 is 0 Å². The fourth-order valence-corrected chi connectivity index (χ4v) is 8.05. The van der Waals surface area contributed by atoms with Gasteiger partial charge in [0.2, 0.25) is 0 Å². The molecule has 0 unspecified atom stereocenters. The Balaban J connectivity index is 0.000000355. The van der Waals surface area contributed by atoms with E-state index in [1.165, 1.54) is 0 Å². The van der Waals surface area contributed by atoms with Gasteiger partial charge in [0.05, 0.1) is 41.2 Å². The summed E-state index contributed by atoms with van der Waals surface area (Å²) in [5.74, 6) is -0.533. The molecular weight excluding hydrogens is 839 g/mol. The van der Waals surface area contributed by atoms with E-state index in [1.807, 2.05) is 114 Å². The second kappa shape index (κ2) is 22.5. The van der Waals surface area contributed by atoms with Gasteiger partial charge in [-0.3, -0.25) is 29.3 Å². The van der Waals surface area contributed by atoms with Gasteiger partial charge < -0.3 is 25.3 Å². The molecule has 0 bridgehead atoms. The molecule has 4 heterocycles. The highest BCUT2D eigenvalue weighted by Gasteiger charge is 2.25. The van der Waals surface area contributed by atoms with E-state index in [4.69, 9.17) is 5.26 Å². The lowest BCUT2D eigenvalue weighted by atomic mass is 10.0. The van der Waals surface area contributed by atoms with E-state index in [2.05, 4.69) is 72.0 Å². The Morgan fingerprint density at radius 1 is 0.672 bits per heavy atom. The summed E-state index contributed by atoms with van der Waals surface area (Å²) < 4.78 is 0. The molecule has 2 aliphatic heterocycles. The van der Waals surface area contributed by atoms with Crippen molar-refractivity contribution in [3.63, 3.8) is 0 Å². The molecule has 2 fully saturated rings. The molecule has 67 heavy (non-hydrogen) atoms. The van der Waals surface area contributed by atoms with Gasteiger partial charge in [-0.1, -0.05) is 79.4 Å². The fourth-order valence-electron chi connectivity index (χ4n) is 8.05. The zero-order chi connectivity index (χ0) is 47.3. The maximum Gasteiger partial charge on any atom is 0.276 e. The lowest BCUT2D eigenvalue weighted by molar-refractivity contribution is 0.0663. The highest BCUT2D eigenvalue weighted by atomic mass is 16.2. The number of piperazine rings is 1. The molecule has 4 aromatic carbocycles. The molecule has 8 rings (SSSR count). The number of hydrogen-bond donors (Lipinski definition) is 2. The van der Waals surface area contributed by atoms with Gasteiger partial charge in [0, 0.05) is 97.7 Å². The van der Waals surface area contributed by atoms with Crippen molar-refractivity contribution in [3.05, 3.63) is 162 Å². The van der Waals surface area contributed by atoms with E-state index in [9.17, 15) is 14.4 Å². The summed E-state index contributed by atoms with van der Waals surface area (Å²) in [4.78, 5) is 65.1. The number of carbonyl (C=O) groups excluding carboxylic acids is 3. The monoisotopic (exact) mass is 904 g/mol. The number of nitrogens with zero attached hydrogens (tertiary/aromatic N) is 9. The van der Waals surface area contributed by atoms with Crippen molar-refractivity contribution in [2.45, 2.75) is 39.2 Å². The Morgan fingerprint density at radius 2 is 1.13 bits per heavy atom. The van der Waals surface area contributed by atoms with Crippen LogP contribution in [-0.4, -0.2) is 123 Å². The number of para-hydroxylation sites is 2. The molecule has 0 radical (unpaired) electrons. The number of benzene rings is 4. The molecule has 2 aromatic heterocycles. The standard InChI is InChI=1S/C27H28N6O.C26H29N5O2.4H2/c1-20-26(27(34)30-24-7-4-3-5-8-24)31-25(19-29-20)23-11-9-22(10-12-23)21(2)33-17-15-32(16-18-33)14-6-13-28;1-18-24(25(32)28-21-7-5-4-6-8-21)29-23(17-27-18)19-9-11-20(12-10-19)26(33)31-15-13-22(14-16-31)30(2)3;;;;/h3-5,7-12,19H,2,6,14-18H2,1H3,(H,30,34);4-12,17,22H,13-16H2,1-3H3,(H,28,32);4*1H. The molecule has 3 amide bonds. The Hall–Kier alpha value is -7.60. The first-order valence-corrected chi connectivity index (χ1v) is 22.6. The number of amides is 3. The van der Waals surface area contributed by atoms with Crippen molar-refractivity contribution in [2.75, 3.05) is 70.5 Å². The second-order valence-electron chi connectivity index (χ2n) is 16.8. The number of piperidine rings is 1. The summed E-state index contributed by atoms with van der Waals surface area (Å²) in [5, 5.41) is 14.5. The number of likely N-dealkylation sites (tertiary alicyclic amines) is 1. The molecule has 14 heteroatoms.